The first-order chi connectivity index (χ1) is 11.4. The summed E-state index contributed by atoms with van der Waals surface area (Å²) in [4.78, 5) is 23.3. The van der Waals surface area contributed by atoms with Crippen molar-refractivity contribution in [3.05, 3.63) is 58.6 Å². The van der Waals surface area contributed by atoms with Gasteiger partial charge >= 0.3 is 5.97 Å². The summed E-state index contributed by atoms with van der Waals surface area (Å²) in [5.74, 6) is -1.04. The lowest BCUT2D eigenvalue weighted by Crippen LogP contribution is -2.27. The van der Waals surface area contributed by atoms with Crippen LogP contribution in [0.2, 0.25) is 5.02 Å². The van der Waals surface area contributed by atoms with Gasteiger partial charge < -0.3 is 9.84 Å². The lowest BCUT2D eigenvalue weighted by atomic mass is 10.0. The molecule has 24 heavy (non-hydrogen) atoms. The lowest BCUT2D eigenvalue weighted by molar-refractivity contribution is -0.138. The number of methoxy groups -OCH3 is 1. The minimum absolute atomic E-state index is 0.178. The predicted molar refractivity (Wildman–Crippen MR) is 88.0 cm³/mol. The summed E-state index contributed by atoms with van der Waals surface area (Å²) in [6.07, 6.45) is -1.51. The molecule has 8 heteroatoms. The van der Waals surface area contributed by atoms with E-state index in [-0.39, 0.29) is 17.0 Å². The van der Waals surface area contributed by atoms with Crippen LogP contribution < -0.4 is 10.5 Å². The topological polar surface area (TPSA) is 114 Å². The minimum atomic E-state index is -1.51. The third-order valence-electron chi connectivity index (χ3n) is 3.10. The number of azo groups is 1. The molecule has 1 atom stereocenters. The van der Waals surface area contributed by atoms with E-state index in [0.717, 1.165) is 0 Å². The number of carboxylic acid groups (broad SMARTS) is 1. The molecular formula is C16H14ClN3O4. The smallest absolute Gasteiger partial charge is 0.345 e. The Balaban J connectivity index is 2.38. The van der Waals surface area contributed by atoms with E-state index in [4.69, 9.17) is 27.2 Å². The number of carbonyl (C=O) groups excluding carboxylic acids is 1. The molecule has 0 aliphatic heterocycles. The molecule has 0 amide bonds. The fourth-order valence-corrected chi connectivity index (χ4v) is 2.02. The van der Waals surface area contributed by atoms with Gasteiger partial charge in [0.25, 0.3) is 0 Å². The average Bonchev–Trinajstić information content (AvgIpc) is 2.59. The first kappa shape index (κ1) is 17.6. The van der Waals surface area contributed by atoms with Crippen molar-refractivity contribution >= 4 is 29.0 Å². The number of ketones is 1. The van der Waals surface area contributed by atoms with Gasteiger partial charge in [0.2, 0.25) is 6.17 Å². The number of nitrogens with two attached hydrogens (primary N) is 1. The van der Waals surface area contributed by atoms with E-state index < -0.39 is 12.1 Å². The number of carbonyl (C=O) groups is 2. The molecule has 2 aromatic carbocycles. The Bertz CT molecular complexity index is 790. The third-order valence-corrected chi connectivity index (χ3v) is 3.33. The summed E-state index contributed by atoms with van der Waals surface area (Å²) < 4.78 is 5.05. The summed E-state index contributed by atoms with van der Waals surface area (Å²) >= 11 is 5.95. The van der Waals surface area contributed by atoms with Gasteiger partial charge in [0, 0.05) is 10.6 Å². The molecule has 3 N–H and O–H groups in total. The van der Waals surface area contributed by atoms with Gasteiger partial charge in [0.05, 0.1) is 18.4 Å². The fraction of sp³-hybridized carbons (Fsp3) is 0.125. The van der Waals surface area contributed by atoms with Crippen LogP contribution in [0.15, 0.2) is 52.7 Å². The molecule has 0 fully saturated rings. The summed E-state index contributed by atoms with van der Waals surface area (Å²) in [5, 5.41) is 16.3. The van der Waals surface area contributed by atoms with Gasteiger partial charge in [-0.3, -0.25) is 10.5 Å². The van der Waals surface area contributed by atoms with Gasteiger partial charge in [0.15, 0.2) is 5.78 Å². The second-order valence-electron chi connectivity index (χ2n) is 4.72. The zero-order valence-electron chi connectivity index (χ0n) is 12.6. The number of nitrogens with zero attached hydrogens (tertiary/aromatic N) is 2. The summed E-state index contributed by atoms with van der Waals surface area (Å²) in [6, 6.07) is 10.9. The molecule has 1 unspecified atom stereocenters. The number of carboxylic acids is 1. The van der Waals surface area contributed by atoms with Gasteiger partial charge in [0.1, 0.15) is 5.75 Å². The van der Waals surface area contributed by atoms with Crippen LogP contribution in [0.1, 0.15) is 15.9 Å². The molecular weight excluding hydrogens is 334 g/mol. The second-order valence-corrected chi connectivity index (χ2v) is 5.15. The molecule has 0 spiro atoms. The highest BCUT2D eigenvalue weighted by atomic mass is 35.5. The van der Waals surface area contributed by atoms with Gasteiger partial charge in [-0.05, 0) is 42.5 Å². The fourth-order valence-electron chi connectivity index (χ4n) is 1.85. The molecule has 0 bridgehead atoms. The zero-order valence-corrected chi connectivity index (χ0v) is 13.4. The third kappa shape index (κ3) is 4.15. The van der Waals surface area contributed by atoms with Crippen molar-refractivity contribution in [2.75, 3.05) is 7.11 Å². The second kappa shape index (κ2) is 7.67. The van der Waals surface area contributed by atoms with Crippen LogP contribution in [0, 0.1) is 0 Å². The molecule has 0 saturated carbocycles. The zero-order chi connectivity index (χ0) is 17.7. The van der Waals surface area contributed by atoms with Crippen molar-refractivity contribution in [2.45, 2.75) is 6.17 Å². The lowest BCUT2D eigenvalue weighted by Gasteiger charge is -2.07. The van der Waals surface area contributed by atoms with E-state index in [2.05, 4.69) is 10.2 Å². The maximum Gasteiger partial charge on any atom is 0.345 e. The van der Waals surface area contributed by atoms with Crippen LogP contribution in [0.3, 0.4) is 0 Å². The normalized spacial score (nSPS) is 12.1. The van der Waals surface area contributed by atoms with Crippen molar-refractivity contribution in [1.82, 2.24) is 0 Å². The van der Waals surface area contributed by atoms with E-state index in [1.54, 1.807) is 24.3 Å². The molecule has 7 nitrogen and oxygen atoms in total. The Kier molecular flexibility index (Phi) is 5.62. The first-order valence-corrected chi connectivity index (χ1v) is 7.17. The predicted octanol–water partition coefficient (Wildman–Crippen LogP) is 3.03. The van der Waals surface area contributed by atoms with Gasteiger partial charge in [-0.1, -0.05) is 11.6 Å². The highest BCUT2D eigenvalue weighted by molar-refractivity contribution is 6.31. The number of ether oxygens (including phenoxy) is 1. The Morgan fingerprint density at radius 3 is 2.46 bits per heavy atom. The Labute approximate surface area is 142 Å². The molecule has 0 radical (unpaired) electrons. The van der Waals surface area contributed by atoms with Gasteiger partial charge in [-0.25, -0.2) is 4.79 Å². The molecule has 2 aromatic rings. The Hall–Kier alpha value is -2.77. The molecule has 0 aliphatic rings. The van der Waals surface area contributed by atoms with E-state index in [0.29, 0.717) is 16.3 Å². The number of aliphatic carboxylic acids is 1. The summed E-state index contributed by atoms with van der Waals surface area (Å²) in [7, 11) is 1.53. The number of halogens is 1. The van der Waals surface area contributed by atoms with Crippen molar-refractivity contribution in [3.8, 4) is 5.75 Å². The highest BCUT2D eigenvalue weighted by Gasteiger charge is 2.16. The van der Waals surface area contributed by atoms with Crippen molar-refractivity contribution in [3.63, 3.8) is 0 Å². The number of benzene rings is 2. The quantitative estimate of drug-likeness (QED) is 0.615. The van der Waals surface area contributed by atoms with E-state index in [1.165, 1.54) is 25.3 Å². The van der Waals surface area contributed by atoms with Crippen LogP contribution in [-0.4, -0.2) is 30.1 Å². The number of hydrogen-bond acceptors (Lipinski definition) is 6. The van der Waals surface area contributed by atoms with Crippen LogP contribution >= 0.6 is 11.6 Å². The molecule has 2 rings (SSSR count). The van der Waals surface area contributed by atoms with Crippen molar-refractivity contribution in [2.24, 2.45) is 16.0 Å². The Morgan fingerprint density at radius 2 is 1.88 bits per heavy atom. The standard InChI is InChI=1S/C16H14ClN3O4/c1-24-11-5-2-9(3-6-11)14(21)12-8-10(17)4-7-13(12)19-20-15(18)16(22)23/h2-8,15H,18H2,1H3,(H,22,23)/b20-19+. The largest absolute Gasteiger partial charge is 0.497 e. The van der Waals surface area contributed by atoms with Crippen molar-refractivity contribution < 1.29 is 19.4 Å². The maximum atomic E-state index is 12.6. The average molecular weight is 348 g/mol. The SMILES string of the molecule is COc1ccc(C(=O)c2cc(Cl)ccc2/N=N/C(N)C(=O)O)cc1. The Morgan fingerprint density at radius 1 is 1.21 bits per heavy atom. The highest BCUT2D eigenvalue weighted by Crippen LogP contribution is 2.27. The molecule has 0 aliphatic carbocycles. The van der Waals surface area contributed by atoms with Crippen LogP contribution in [0.25, 0.3) is 0 Å². The molecule has 0 aromatic heterocycles. The van der Waals surface area contributed by atoms with Gasteiger partial charge in [-0.2, -0.15) is 10.2 Å². The van der Waals surface area contributed by atoms with E-state index in [1.807, 2.05) is 0 Å². The number of rotatable bonds is 6. The van der Waals surface area contributed by atoms with Crippen LogP contribution in [0.5, 0.6) is 5.75 Å². The van der Waals surface area contributed by atoms with E-state index in [9.17, 15) is 9.59 Å². The van der Waals surface area contributed by atoms with E-state index >= 15 is 0 Å². The molecule has 124 valence electrons. The molecule has 0 saturated heterocycles. The first-order valence-electron chi connectivity index (χ1n) is 6.80. The van der Waals surface area contributed by atoms with Crippen LogP contribution in [-0.2, 0) is 4.79 Å². The van der Waals surface area contributed by atoms with Gasteiger partial charge in [-0.15, -0.1) is 0 Å². The number of hydrogen-bond donors (Lipinski definition) is 2. The van der Waals surface area contributed by atoms with Crippen molar-refractivity contribution in [1.29, 1.82) is 0 Å². The minimum Gasteiger partial charge on any atom is -0.497 e. The summed E-state index contributed by atoms with van der Waals surface area (Å²) in [6.45, 7) is 0. The molecule has 0 heterocycles. The summed E-state index contributed by atoms with van der Waals surface area (Å²) in [5.41, 5.74) is 6.05. The van der Waals surface area contributed by atoms with Crippen LogP contribution in [0.4, 0.5) is 5.69 Å². The monoisotopic (exact) mass is 347 g/mol. The maximum absolute atomic E-state index is 12.6.